The summed E-state index contributed by atoms with van der Waals surface area (Å²) in [5, 5.41) is 2.74. The number of carbonyl (C=O) groups excluding carboxylic acids is 2. The van der Waals surface area contributed by atoms with E-state index in [9.17, 15) is 9.59 Å². The van der Waals surface area contributed by atoms with Crippen LogP contribution >= 0.6 is 0 Å². The van der Waals surface area contributed by atoms with E-state index in [2.05, 4.69) is 5.32 Å². The first kappa shape index (κ1) is 15.1. The van der Waals surface area contributed by atoms with E-state index in [0.29, 0.717) is 19.4 Å². The molecule has 0 rings (SSSR count). The van der Waals surface area contributed by atoms with Crippen LogP contribution in [0.3, 0.4) is 0 Å². The van der Waals surface area contributed by atoms with Crippen LogP contribution in [0.4, 0.5) is 0 Å². The molecule has 16 heavy (non-hydrogen) atoms. The monoisotopic (exact) mass is 229 g/mol. The summed E-state index contributed by atoms with van der Waals surface area (Å²) in [6.07, 6.45) is 1.78. The van der Waals surface area contributed by atoms with Crippen molar-refractivity contribution in [3.05, 3.63) is 0 Å². The minimum absolute atomic E-state index is 0.0422. The molecule has 0 atom stereocenters. The van der Waals surface area contributed by atoms with E-state index in [0.717, 1.165) is 6.29 Å². The van der Waals surface area contributed by atoms with Gasteiger partial charge in [0.1, 0.15) is 6.29 Å². The molecule has 0 bridgehead atoms. The lowest BCUT2D eigenvalue weighted by Gasteiger charge is -2.32. The molecule has 1 amide bonds. The van der Waals surface area contributed by atoms with Crippen LogP contribution in [0.5, 0.6) is 0 Å². The number of hydrogen-bond donors (Lipinski definition) is 1. The van der Waals surface area contributed by atoms with Gasteiger partial charge in [-0.1, -0.05) is 13.8 Å². The van der Waals surface area contributed by atoms with Gasteiger partial charge in [0, 0.05) is 25.5 Å². The Kier molecular flexibility index (Phi) is 5.65. The Morgan fingerprint density at radius 1 is 1.31 bits per heavy atom. The molecule has 0 saturated heterocycles. The van der Waals surface area contributed by atoms with E-state index in [1.54, 1.807) is 7.11 Å². The smallest absolute Gasteiger partial charge is 0.225 e. The minimum atomic E-state index is -0.498. The van der Waals surface area contributed by atoms with Gasteiger partial charge in [0.05, 0.1) is 5.60 Å². The molecule has 94 valence electrons. The molecular formula is C12H23NO3. The van der Waals surface area contributed by atoms with Crippen LogP contribution in [-0.4, -0.2) is 31.4 Å². The van der Waals surface area contributed by atoms with Crippen LogP contribution in [0.25, 0.3) is 0 Å². The van der Waals surface area contributed by atoms with Crippen molar-refractivity contribution in [2.45, 2.75) is 46.1 Å². The van der Waals surface area contributed by atoms with Crippen molar-refractivity contribution in [2.24, 2.45) is 5.41 Å². The maximum Gasteiger partial charge on any atom is 0.225 e. The first-order valence-corrected chi connectivity index (χ1v) is 5.52. The Bertz CT molecular complexity index is 247. The van der Waals surface area contributed by atoms with E-state index >= 15 is 0 Å². The van der Waals surface area contributed by atoms with E-state index in [1.807, 2.05) is 27.7 Å². The van der Waals surface area contributed by atoms with Crippen LogP contribution in [-0.2, 0) is 14.3 Å². The Hall–Kier alpha value is -0.900. The third-order valence-electron chi connectivity index (χ3n) is 2.58. The second kappa shape index (κ2) is 5.99. The van der Waals surface area contributed by atoms with Crippen molar-refractivity contribution in [1.82, 2.24) is 5.32 Å². The molecule has 0 fully saturated rings. The molecule has 0 radical (unpaired) electrons. The summed E-state index contributed by atoms with van der Waals surface area (Å²) in [5.74, 6) is -0.0422. The lowest BCUT2D eigenvalue weighted by atomic mass is 9.81. The normalized spacial score (nSPS) is 12.3. The Morgan fingerprint density at radius 3 is 2.31 bits per heavy atom. The number of nitrogens with one attached hydrogen (secondary N) is 1. The summed E-state index contributed by atoms with van der Waals surface area (Å²) in [5.41, 5.74) is -0.826. The predicted molar refractivity (Wildman–Crippen MR) is 63.2 cm³/mol. The topological polar surface area (TPSA) is 55.4 Å². The van der Waals surface area contributed by atoms with Crippen LogP contribution in [0, 0.1) is 5.41 Å². The Morgan fingerprint density at radius 2 is 1.88 bits per heavy atom. The van der Waals surface area contributed by atoms with Crippen molar-refractivity contribution in [3.8, 4) is 0 Å². The Labute approximate surface area is 97.7 Å². The highest BCUT2D eigenvalue weighted by Gasteiger charge is 2.34. The molecule has 0 aromatic carbocycles. The van der Waals surface area contributed by atoms with Crippen LogP contribution < -0.4 is 5.32 Å². The number of rotatable bonds is 7. The minimum Gasteiger partial charge on any atom is -0.379 e. The molecule has 1 N–H and O–H groups in total. The van der Waals surface area contributed by atoms with Gasteiger partial charge < -0.3 is 14.8 Å². The molecule has 0 aromatic rings. The van der Waals surface area contributed by atoms with Crippen LogP contribution in [0.1, 0.15) is 40.5 Å². The standard InChI is InChI=1S/C12H23NO3/c1-11(2,9-12(3,4)16-5)10(15)13-7-6-8-14/h8H,6-7,9H2,1-5H3,(H,13,15). The van der Waals surface area contributed by atoms with Gasteiger partial charge in [-0.05, 0) is 20.3 Å². The predicted octanol–water partition coefficient (Wildman–Crippen LogP) is 1.53. The fraction of sp³-hybridized carbons (Fsp3) is 0.833. The average molecular weight is 229 g/mol. The van der Waals surface area contributed by atoms with Gasteiger partial charge in [0.2, 0.25) is 5.91 Å². The molecule has 4 nitrogen and oxygen atoms in total. The lowest BCUT2D eigenvalue weighted by molar-refractivity contribution is -0.133. The molecular weight excluding hydrogens is 206 g/mol. The Balaban J connectivity index is 4.30. The first-order chi connectivity index (χ1) is 7.25. The van der Waals surface area contributed by atoms with Crippen molar-refractivity contribution >= 4 is 12.2 Å². The molecule has 0 spiro atoms. The van der Waals surface area contributed by atoms with Gasteiger partial charge in [-0.15, -0.1) is 0 Å². The number of methoxy groups -OCH3 is 1. The number of amides is 1. The van der Waals surface area contributed by atoms with Gasteiger partial charge in [0.25, 0.3) is 0 Å². The summed E-state index contributed by atoms with van der Waals surface area (Å²) in [6, 6.07) is 0. The number of aldehydes is 1. The SMILES string of the molecule is COC(C)(C)CC(C)(C)C(=O)NCCC=O. The van der Waals surface area contributed by atoms with Crippen LogP contribution in [0.2, 0.25) is 0 Å². The number of ether oxygens (including phenoxy) is 1. The third kappa shape index (κ3) is 5.26. The molecule has 0 aliphatic rings. The van der Waals surface area contributed by atoms with E-state index in [1.165, 1.54) is 0 Å². The molecule has 0 unspecified atom stereocenters. The average Bonchev–Trinajstić information content (AvgIpc) is 2.16. The summed E-state index contributed by atoms with van der Waals surface area (Å²) >= 11 is 0. The maximum atomic E-state index is 11.9. The van der Waals surface area contributed by atoms with E-state index in [-0.39, 0.29) is 11.5 Å². The van der Waals surface area contributed by atoms with E-state index < -0.39 is 5.41 Å². The molecule has 0 aliphatic heterocycles. The fourth-order valence-corrected chi connectivity index (χ4v) is 1.70. The van der Waals surface area contributed by atoms with Gasteiger partial charge in [-0.25, -0.2) is 0 Å². The lowest BCUT2D eigenvalue weighted by Crippen LogP contribution is -2.42. The second-order valence-electron chi connectivity index (χ2n) is 5.24. The summed E-state index contributed by atoms with van der Waals surface area (Å²) in [4.78, 5) is 22.0. The highest BCUT2D eigenvalue weighted by molar-refractivity contribution is 5.82. The van der Waals surface area contributed by atoms with Gasteiger partial charge in [-0.3, -0.25) is 4.79 Å². The molecule has 0 aromatic heterocycles. The van der Waals surface area contributed by atoms with Gasteiger partial charge in [-0.2, -0.15) is 0 Å². The van der Waals surface area contributed by atoms with E-state index in [4.69, 9.17) is 4.74 Å². The largest absolute Gasteiger partial charge is 0.379 e. The zero-order chi connectivity index (χ0) is 12.8. The molecule has 0 aliphatic carbocycles. The number of hydrogen-bond acceptors (Lipinski definition) is 3. The zero-order valence-corrected chi connectivity index (χ0v) is 10.9. The van der Waals surface area contributed by atoms with Crippen molar-refractivity contribution < 1.29 is 14.3 Å². The summed E-state index contributed by atoms with van der Waals surface area (Å²) < 4.78 is 5.31. The summed E-state index contributed by atoms with van der Waals surface area (Å²) in [6.45, 7) is 8.06. The number of carbonyl (C=O) groups is 2. The van der Waals surface area contributed by atoms with Crippen molar-refractivity contribution in [1.29, 1.82) is 0 Å². The first-order valence-electron chi connectivity index (χ1n) is 5.52. The summed E-state index contributed by atoms with van der Waals surface area (Å²) in [7, 11) is 1.64. The van der Waals surface area contributed by atoms with Gasteiger partial charge >= 0.3 is 0 Å². The zero-order valence-electron chi connectivity index (χ0n) is 10.9. The van der Waals surface area contributed by atoms with Gasteiger partial charge in [0.15, 0.2) is 0 Å². The van der Waals surface area contributed by atoms with Crippen molar-refractivity contribution in [3.63, 3.8) is 0 Å². The maximum absolute atomic E-state index is 11.9. The second-order valence-corrected chi connectivity index (χ2v) is 5.24. The third-order valence-corrected chi connectivity index (χ3v) is 2.58. The highest BCUT2D eigenvalue weighted by Crippen LogP contribution is 2.29. The van der Waals surface area contributed by atoms with Crippen molar-refractivity contribution in [2.75, 3.05) is 13.7 Å². The van der Waals surface area contributed by atoms with Crippen LogP contribution in [0.15, 0.2) is 0 Å². The molecule has 0 heterocycles. The quantitative estimate of drug-likeness (QED) is 0.532. The fourth-order valence-electron chi connectivity index (χ4n) is 1.70. The highest BCUT2D eigenvalue weighted by atomic mass is 16.5. The molecule has 4 heteroatoms. The molecule has 0 saturated carbocycles.